The van der Waals surface area contributed by atoms with Crippen LogP contribution in [0.25, 0.3) is 0 Å². The van der Waals surface area contributed by atoms with Crippen LogP contribution >= 0.6 is 0 Å². The zero-order valence-electron chi connectivity index (χ0n) is 14.9. The van der Waals surface area contributed by atoms with Gasteiger partial charge in [0.15, 0.2) is 12.2 Å². The Morgan fingerprint density at radius 1 is 1.14 bits per heavy atom. The molecule has 2 atom stereocenters. The van der Waals surface area contributed by atoms with Crippen LogP contribution in [0, 0.1) is 0 Å². The van der Waals surface area contributed by atoms with E-state index in [1.54, 1.807) is 0 Å². The topological polar surface area (TPSA) is 107 Å². The lowest BCUT2D eigenvalue weighted by Crippen LogP contribution is -2.54. The number of aliphatic hydroxyl groups is 1. The smallest absolute Gasteiger partial charge is 0.335 e. The van der Waals surface area contributed by atoms with Crippen LogP contribution in [0.5, 0.6) is 0 Å². The minimum atomic E-state index is -2.74. The van der Waals surface area contributed by atoms with Crippen molar-refractivity contribution in [3.05, 3.63) is 29.8 Å². The molecule has 10 heteroatoms. The summed E-state index contributed by atoms with van der Waals surface area (Å²) < 4.78 is 31.6. The van der Waals surface area contributed by atoms with Crippen LogP contribution in [0.4, 0.5) is 14.5 Å². The monoisotopic (exact) mass is 398 g/mol. The summed E-state index contributed by atoms with van der Waals surface area (Å²) in [5, 5.41) is 18.5. The molecule has 2 heterocycles. The highest BCUT2D eigenvalue weighted by atomic mass is 19.3. The Labute approximate surface area is 159 Å². The van der Waals surface area contributed by atoms with E-state index in [-0.39, 0.29) is 45.0 Å². The number of nitrogens with zero attached hydrogens (tertiary/aromatic N) is 2. The van der Waals surface area contributed by atoms with Crippen LogP contribution < -0.4 is 4.90 Å². The molecule has 1 aromatic carbocycles. The second-order valence-corrected chi connectivity index (χ2v) is 6.76. The van der Waals surface area contributed by atoms with Gasteiger partial charge in [0.2, 0.25) is 0 Å². The van der Waals surface area contributed by atoms with Crippen molar-refractivity contribution in [2.75, 3.05) is 31.1 Å². The van der Waals surface area contributed by atoms with Crippen molar-refractivity contribution in [2.45, 2.75) is 31.0 Å². The Kier molecular flexibility index (Phi) is 5.61. The van der Waals surface area contributed by atoms with E-state index in [1.807, 2.05) is 0 Å². The van der Waals surface area contributed by atoms with E-state index in [0.717, 1.165) is 0 Å². The number of halogens is 2. The van der Waals surface area contributed by atoms with Gasteiger partial charge in [-0.15, -0.1) is 0 Å². The first kappa shape index (κ1) is 20.2. The average Bonchev–Trinajstić information content (AvgIpc) is 2.67. The molecule has 0 radical (unpaired) electrons. The van der Waals surface area contributed by atoms with Crippen LogP contribution in [-0.4, -0.2) is 77.3 Å². The summed E-state index contributed by atoms with van der Waals surface area (Å²) in [6.07, 6.45) is -4.23. The quantitative estimate of drug-likeness (QED) is 0.775. The molecule has 2 unspecified atom stereocenters. The molecule has 8 nitrogen and oxygen atoms in total. The van der Waals surface area contributed by atoms with E-state index in [0.29, 0.717) is 11.3 Å². The second-order valence-electron chi connectivity index (χ2n) is 6.76. The van der Waals surface area contributed by atoms with Crippen LogP contribution in [0.3, 0.4) is 0 Å². The Morgan fingerprint density at radius 2 is 1.75 bits per heavy atom. The largest absolute Gasteiger partial charge is 0.479 e. The number of hydrogen-bond donors (Lipinski definition) is 2. The van der Waals surface area contributed by atoms with Crippen molar-refractivity contribution in [1.29, 1.82) is 0 Å². The molecule has 0 aromatic heterocycles. The van der Waals surface area contributed by atoms with Crippen molar-refractivity contribution in [3.8, 4) is 0 Å². The number of anilines is 1. The third kappa shape index (κ3) is 4.12. The molecule has 152 valence electrons. The number of aliphatic carboxylic acids is 1. The molecule has 0 aliphatic carbocycles. The van der Waals surface area contributed by atoms with Gasteiger partial charge in [0, 0.05) is 43.7 Å². The van der Waals surface area contributed by atoms with Crippen LogP contribution in [0.15, 0.2) is 24.3 Å². The van der Waals surface area contributed by atoms with Gasteiger partial charge in [-0.25, -0.2) is 13.6 Å². The van der Waals surface area contributed by atoms with E-state index in [1.165, 1.54) is 34.1 Å². The summed E-state index contributed by atoms with van der Waals surface area (Å²) in [6, 6.07) is 5.99. The highest BCUT2D eigenvalue weighted by molar-refractivity contribution is 6.01. The van der Waals surface area contributed by atoms with Gasteiger partial charge >= 0.3 is 5.97 Å². The van der Waals surface area contributed by atoms with Crippen LogP contribution in [-0.2, 0) is 14.3 Å². The molecule has 2 aliphatic rings. The minimum absolute atomic E-state index is 0.0235. The highest BCUT2D eigenvalue weighted by Crippen LogP contribution is 2.29. The molecular weight excluding hydrogens is 378 g/mol. The van der Waals surface area contributed by atoms with Crippen molar-refractivity contribution in [1.82, 2.24) is 4.90 Å². The molecule has 3 rings (SSSR count). The molecule has 1 aromatic rings. The zero-order valence-corrected chi connectivity index (χ0v) is 14.9. The molecule has 28 heavy (non-hydrogen) atoms. The number of rotatable bonds is 4. The number of alkyl halides is 2. The third-order valence-electron chi connectivity index (χ3n) is 4.87. The van der Waals surface area contributed by atoms with E-state index in [9.17, 15) is 28.3 Å². The van der Waals surface area contributed by atoms with Crippen LogP contribution in [0.2, 0.25) is 0 Å². The molecule has 0 spiro atoms. The SMILES string of the molecule is O=C(O)C(O)C1OCCN(c2ccc(C(=O)N3CCC(F)(F)CC3)cc2)C1=O. The van der Waals surface area contributed by atoms with Gasteiger partial charge in [-0.2, -0.15) is 0 Å². The van der Waals surface area contributed by atoms with Gasteiger partial charge in [0.25, 0.3) is 17.7 Å². The lowest BCUT2D eigenvalue weighted by molar-refractivity contribution is -0.163. The lowest BCUT2D eigenvalue weighted by atomic mass is 10.1. The number of ether oxygens (including phenoxy) is 1. The van der Waals surface area contributed by atoms with Crippen molar-refractivity contribution < 1.29 is 38.1 Å². The summed E-state index contributed by atoms with van der Waals surface area (Å²) in [5.74, 6) is -5.37. The Balaban J connectivity index is 1.69. The minimum Gasteiger partial charge on any atom is -0.479 e. The predicted molar refractivity (Wildman–Crippen MR) is 92.3 cm³/mol. The molecule has 2 fully saturated rings. The van der Waals surface area contributed by atoms with Gasteiger partial charge in [-0.1, -0.05) is 0 Å². The number of carboxylic acids is 1. The van der Waals surface area contributed by atoms with E-state index >= 15 is 0 Å². The van der Waals surface area contributed by atoms with Crippen molar-refractivity contribution >= 4 is 23.5 Å². The molecule has 2 saturated heterocycles. The van der Waals surface area contributed by atoms with Gasteiger partial charge < -0.3 is 24.7 Å². The van der Waals surface area contributed by atoms with E-state index in [2.05, 4.69) is 0 Å². The fourth-order valence-corrected chi connectivity index (χ4v) is 3.22. The number of carbonyl (C=O) groups is 3. The number of piperidine rings is 1. The summed E-state index contributed by atoms with van der Waals surface area (Å²) in [6.45, 7) is 0.161. The molecular formula is C18H20F2N2O6. The molecule has 2 amide bonds. The number of amides is 2. The Morgan fingerprint density at radius 3 is 2.32 bits per heavy atom. The lowest BCUT2D eigenvalue weighted by Gasteiger charge is -2.34. The zero-order chi connectivity index (χ0) is 20.5. The summed E-state index contributed by atoms with van der Waals surface area (Å²) in [7, 11) is 0. The number of morpholine rings is 1. The van der Waals surface area contributed by atoms with Gasteiger partial charge in [-0.3, -0.25) is 9.59 Å². The summed E-state index contributed by atoms with van der Waals surface area (Å²) in [4.78, 5) is 38.4. The molecule has 0 saturated carbocycles. The fraction of sp³-hybridized carbons (Fsp3) is 0.500. The van der Waals surface area contributed by atoms with E-state index in [4.69, 9.17) is 9.84 Å². The van der Waals surface area contributed by atoms with Gasteiger partial charge in [-0.05, 0) is 24.3 Å². The first-order valence-electron chi connectivity index (χ1n) is 8.81. The molecule has 2 aliphatic heterocycles. The van der Waals surface area contributed by atoms with Crippen molar-refractivity contribution in [3.63, 3.8) is 0 Å². The Bertz CT molecular complexity index is 760. The maximum absolute atomic E-state index is 13.2. The van der Waals surface area contributed by atoms with Crippen molar-refractivity contribution in [2.24, 2.45) is 0 Å². The number of likely N-dealkylation sites (tertiary alicyclic amines) is 1. The van der Waals surface area contributed by atoms with E-state index < -0.39 is 30.0 Å². The highest BCUT2D eigenvalue weighted by Gasteiger charge is 2.39. The van der Waals surface area contributed by atoms with Gasteiger partial charge in [0.1, 0.15) is 0 Å². The average molecular weight is 398 g/mol. The third-order valence-corrected chi connectivity index (χ3v) is 4.87. The maximum atomic E-state index is 13.2. The van der Waals surface area contributed by atoms with Gasteiger partial charge in [0.05, 0.1) is 6.61 Å². The number of carboxylic acid groups (broad SMARTS) is 1. The summed E-state index contributed by atoms with van der Waals surface area (Å²) >= 11 is 0. The summed E-state index contributed by atoms with van der Waals surface area (Å²) in [5.41, 5.74) is 0.717. The molecule has 2 N–H and O–H groups in total. The standard InChI is InChI=1S/C18H20F2N2O6/c19-18(20)5-7-21(8-6-18)15(24)11-1-3-12(4-2-11)22-9-10-28-14(16(22)25)13(23)17(26)27/h1-4,13-14,23H,5-10H2,(H,26,27). The predicted octanol–water partition coefficient (Wildman–Crippen LogP) is 0.735. The second kappa shape index (κ2) is 7.80. The first-order chi connectivity index (χ1) is 13.2. The number of benzene rings is 1. The van der Waals surface area contributed by atoms with Crippen LogP contribution in [0.1, 0.15) is 23.2 Å². The number of aliphatic hydroxyl groups excluding tert-OH is 1. The fourth-order valence-electron chi connectivity index (χ4n) is 3.22. The number of carbonyl (C=O) groups excluding carboxylic acids is 2. The normalized spacial score (nSPS) is 23.4. The maximum Gasteiger partial charge on any atom is 0.335 e. The number of hydrogen-bond acceptors (Lipinski definition) is 5. The molecule has 0 bridgehead atoms. The Hall–Kier alpha value is -2.59. The first-order valence-corrected chi connectivity index (χ1v) is 8.81.